The summed E-state index contributed by atoms with van der Waals surface area (Å²) in [5.41, 5.74) is 5.86. The third kappa shape index (κ3) is 2.43. The lowest BCUT2D eigenvalue weighted by atomic mass is 9.72. The Hall–Kier alpha value is -0.0800. The number of hydrogen-bond donors (Lipinski definition) is 1. The number of nitrogens with zero attached hydrogens (tertiary/aromatic N) is 1. The van der Waals surface area contributed by atoms with Gasteiger partial charge in [-0.15, -0.1) is 0 Å². The Balaban J connectivity index is 1.80. The van der Waals surface area contributed by atoms with Gasteiger partial charge in [-0.3, -0.25) is 0 Å². The number of hydrogen-bond acceptors (Lipinski definition) is 2. The molecule has 2 rings (SSSR count). The molecule has 0 spiro atoms. The molecule has 1 aliphatic carbocycles. The molecule has 94 valence electrons. The Morgan fingerprint density at radius 1 is 1.31 bits per heavy atom. The lowest BCUT2D eigenvalue weighted by Gasteiger charge is -2.48. The Bertz CT molecular complexity index is 221. The van der Waals surface area contributed by atoms with Crippen molar-refractivity contribution in [3.63, 3.8) is 0 Å². The molecule has 2 unspecified atom stereocenters. The van der Waals surface area contributed by atoms with Crippen LogP contribution < -0.4 is 5.73 Å². The van der Waals surface area contributed by atoms with Crippen molar-refractivity contribution in [1.82, 2.24) is 4.90 Å². The molecule has 2 fully saturated rings. The molecule has 0 aromatic rings. The van der Waals surface area contributed by atoms with Gasteiger partial charge in [-0.1, -0.05) is 20.8 Å². The maximum Gasteiger partial charge on any atom is 0.0101 e. The number of likely N-dealkylation sites (tertiary alicyclic amines) is 1. The first-order chi connectivity index (χ1) is 7.61. The molecule has 0 amide bonds. The van der Waals surface area contributed by atoms with Gasteiger partial charge in [0.05, 0.1) is 0 Å². The minimum Gasteiger partial charge on any atom is -0.330 e. The van der Waals surface area contributed by atoms with Crippen LogP contribution in [0.25, 0.3) is 0 Å². The van der Waals surface area contributed by atoms with Crippen LogP contribution >= 0.6 is 0 Å². The van der Waals surface area contributed by atoms with E-state index in [0.29, 0.717) is 0 Å². The van der Waals surface area contributed by atoms with Crippen molar-refractivity contribution >= 4 is 0 Å². The molecule has 2 nitrogen and oxygen atoms in total. The van der Waals surface area contributed by atoms with Crippen LogP contribution in [-0.4, -0.2) is 30.6 Å². The quantitative estimate of drug-likeness (QED) is 0.797. The van der Waals surface area contributed by atoms with Crippen LogP contribution in [-0.2, 0) is 0 Å². The molecular weight excluding hydrogens is 196 g/mol. The van der Waals surface area contributed by atoms with E-state index in [4.69, 9.17) is 5.73 Å². The highest BCUT2D eigenvalue weighted by Crippen LogP contribution is 2.38. The van der Waals surface area contributed by atoms with E-state index >= 15 is 0 Å². The minimum atomic E-state index is 0.742. The van der Waals surface area contributed by atoms with Crippen LogP contribution in [0.1, 0.15) is 40.0 Å². The highest BCUT2D eigenvalue weighted by Gasteiger charge is 2.37. The van der Waals surface area contributed by atoms with Crippen LogP contribution in [0.4, 0.5) is 0 Å². The van der Waals surface area contributed by atoms with Gasteiger partial charge >= 0.3 is 0 Å². The summed E-state index contributed by atoms with van der Waals surface area (Å²) >= 11 is 0. The molecule has 1 aliphatic heterocycles. The van der Waals surface area contributed by atoms with Gasteiger partial charge in [0.2, 0.25) is 0 Å². The first kappa shape index (κ1) is 12.4. The number of piperidine rings is 1. The molecular formula is C14H28N2. The van der Waals surface area contributed by atoms with Crippen LogP contribution in [0.5, 0.6) is 0 Å². The van der Waals surface area contributed by atoms with Crippen molar-refractivity contribution < 1.29 is 0 Å². The van der Waals surface area contributed by atoms with E-state index in [1.165, 1.54) is 32.4 Å². The highest BCUT2D eigenvalue weighted by atomic mass is 15.2. The topological polar surface area (TPSA) is 29.3 Å². The van der Waals surface area contributed by atoms with Gasteiger partial charge in [0.25, 0.3) is 0 Å². The minimum absolute atomic E-state index is 0.742. The molecule has 0 aromatic carbocycles. The van der Waals surface area contributed by atoms with Crippen LogP contribution in [0, 0.1) is 23.7 Å². The van der Waals surface area contributed by atoms with Gasteiger partial charge in [-0.05, 0) is 56.0 Å². The smallest absolute Gasteiger partial charge is 0.0101 e. The fraction of sp³-hybridized carbons (Fsp3) is 1.00. The summed E-state index contributed by atoms with van der Waals surface area (Å²) < 4.78 is 0. The fourth-order valence-electron chi connectivity index (χ4n) is 3.29. The van der Waals surface area contributed by atoms with Crippen molar-refractivity contribution in [2.45, 2.75) is 46.1 Å². The van der Waals surface area contributed by atoms with Crippen molar-refractivity contribution in [3.05, 3.63) is 0 Å². The van der Waals surface area contributed by atoms with E-state index in [0.717, 1.165) is 36.3 Å². The molecule has 0 radical (unpaired) electrons. The van der Waals surface area contributed by atoms with Crippen molar-refractivity contribution in [2.24, 2.45) is 29.4 Å². The van der Waals surface area contributed by atoms with Crippen LogP contribution in [0.2, 0.25) is 0 Å². The SMILES string of the molecule is CC(C)C1CC(N2CCC(C)C(CN)C2)C1. The molecule has 2 N–H and O–H groups in total. The first-order valence-electron chi connectivity index (χ1n) is 7.06. The summed E-state index contributed by atoms with van der Waals surface area (Å²) in [5.74, 6) is 3.44. The largest absolute Gasteiger partial charge is 0.330 e. The summed E-state index contributed by atoms with van der Waals surface area (Å²) in [7, 11) is 0. The lowest BCUT2D eigenvalue weighted by molar-refractivity contribution is 0.0127. The van der Waals surface area contributed by atoms with Gasteiger partial charge in [0, 0.05) is 12.6 Å². The summed E-state index contributed by atoms with van der Waals surface area (Å²) in [4.78, 5) is 2.72. The monoisotopic (exact) mass is 224 g/mol. The fourth-order valence-corrected chi connectivity index (χ4v) is 3.29. The van der Waals surface area contributed by atoms with Gasteiger partial charge in [0.1, 0.15) is 0 Å². The van der Waals surface area contributed by atoms with Crippen LogP contribution in [0.3, 0.4) is 0 Å². The maximum absolute atomic E-state index is 5.86. The van der Waals surface area contributed by atoms with E-state index in [1.807, 2.05) is 0 Å². The second-order valence-corrected chi connectivity index (χ2v) is 6.39. The molecule has 1 saturated carbocycles. The predicted octanol–water partition coefficient (Wildman–Crippen LogP) is 2.34. The molecule has 1 heterocycles. The lowest BCUT2D eigenvalue weighted by Crippen LogP contribution is -2.52. The normalized spacial score (nSPS) is 41.1. The molecule has 1 saturated heterocycles. The molecule has 0 aromatic heterocycles. The van der Waals surface area contributed by atoms with Crippen LogP contribution in [0.15, 0.2) is 0 Å². The second-order valence-electron chi connectivity index (χ2n) is 6.39. The summed E-state index contributed by atoms with van der Waals surface area (Å²) in [6.07, 6.45) is 4.22. The average Bonchev–Trinajstić information content (AvgIpc) is 2.17. The number of nitrogens with two attached hydrogens (primary N) is 1. The Morgan fingerprint density at radius 3 is 2.56 bits per heavy atom. The Morgan fingerprint density at radius 2 is 2.00 bits per heavy atom. The van der Waals surface area contributed by atoms with E-state index in [-0.39, 0.29) is 0 Å². The standard InChI is InChI=1S/C14H28N2/c1-10(2)12-6-14(7-12)16-5-4-11(3)13(8-15)9-16/h10-14H,4-9,15H2,1-3H3. The molecule has 2 atom stereocenters. The van der Waals surface area contributed by atoms with Crippen molar-refractivity contribution in [1.29, 1.82) is 0 Å². The van der Waals surface area contributed by atoms with Gasteiger partial charge in [0.15, 0.2) is 0 Å². The average molecular weight is 224 g/mol. The van der Waals surface area contributed by atoms with Crippen molar-refractivity contribution in [3.8, 4) is 0 Å². The maximum atomic E-state index is 5.86. The molecule has 2 heteroatoms. The Labute approximate surface area is 101 Å². The van der Waals surface area contributed by atoms with Gasteiger partial charge < -0.3 is 10.6 Å². The van der Waals surface area contributed by atoms with Gasteiger partial charge in [-0.25, -0.2) is 0 Å². The highest BCUT2D eigenvalue weighted by molar-refractivity contribution is 4.91. The zero-order valence-electron chi connectivity index (χ0n) is 11.2. The summed E-state index contributed by atoms with van der Waals surface area (Å²) in [6.45, 7) is 10.5. The van der Waals surface area contributed by atoms with E-state index < -0.39 is 0 Å². The molecule has 2 aliphatic rings. The van der Waals surface area contributed by atoms with E-state index in [9.17, 15) is 0 Å². The zero-order chi connectivity index (χ0) is 11.7. The van der Waals surface area contributed by atoms with E-state index in [2.05, 4.69) is 25.7 Å². The Kier molecular flexibility index (Phi) is 3.91. The van der Waals surface area contributed by atoms with Gasteiger partial charge in [-0.2, -0.15) is 0 Å². The summed E-state index contributed by atoms with van der Waals surface area (Å²) in [6, 6.07) is 0.883. The second kappa shape index (κ2) is 5.05. The predicted molar refractivity (Wildman–Crippen MR) is 69.2 cm³/mol. The molecule has 16 heavy (non-hydrogen) atoms. The third-order valence-corrected chi connectivity index (χ3v) is 5.06. The zero-order valence-corrected chi connectivity index (χ0v) is 11.2. The third-order valence-electron chi connectivity index (χ3n) is 5.06. The van der Waals surface area contributed by atoms with E-state index in [1.54, 1.807) is 0 Å². The summed E-state index contributed by atoms with van der Waals surface area (Å²) in [5, 5.41) is 0. The van der Waals surface area contributed by atoms with Crippen molar-refractivity contribution in [2.75, 3.05) is 19.6 Å². The molecule has 0 bridgehead atoms. The first-order valence-corrected chi connectivity index (χ1v) is 7.06. The number of rotatable bonds is 3.